The van der Waals surface area contributed by atoms with E-state index in [1.54, 1.807) is 6.07 Å². The summed E-state index contributed by atoms with van der Waals surface area (Å²) in [5, 5.41) is 13.1. The Hall–Kier alpha value is -2.25. The summed E-state index contributed by atoms with van der Waals surface area (Å²) in [6.45, 7) is 7.00. The van der Waals surface area contributed by atoms with Gasteiger partial charge in [0.1, 0.15) is 11.6 Å². The quantitative estimate of drug-likeness (QED) is 0.751. The molecule has 0 aliphatic heterocycles. The zero-order valence-corrected chi connectivity index (χ0v) is 14.1. The maximum Gasteiger partial charge on any atom is 0.259 e. The van der Waals surface area contributed by atoms with Crippen LogP contribution in [-0.2, 0) is 11.3 Å². The van der Waals surface area contributed by atoms with Crippen LogP contribution in [0.2, 0.25) is 0 Å². The van der Waals surface area contributed by atoms with Crippen LogP contribution in [0, 0.1) is 13.8 Å². The number of fused-ring (bicyclic) bond motifs is 1. The molecule has 0 bridgehead atoms. The summed E-state index contributed by atoms with van der Waals surface area (Å²) in [4.78, 5) is 15.8. The predicted molar refractivity (Wildman–Crippen MR) is 91.0 cm³/mol. The van der Waals surface area contributed by atoms with Crippen molar-refractivity contribution in [2.45, 2.75) is 27.4 Å². The topological polar surface area (TPSA) is 79.9 Å². The van der Waals surface area contributed by atoms with Crippen LogP contribution >= 0.6 is 11.3 Å². The van der Waals surface area contributed by atoms with E-state index in [4.69, 9.17) is 4.74 Å². The lowest BCUT2D eigenvalue weighted by Gasteiger charge is -2.03. The van der Waals surface area contributed by atoms with E-state index in [0.29, 0.717) is 23.9 Å². The van der Waals surface area contributed by atoms with Gasteiger partial charge in [-0.05, 0) is 32.4 Å². The number of amides is 1. The predicted octanol–water partition coefficient (Wildman–Crippen LogP) is 3.43. The van der Waals surface area contributed by atoms with Crippen LogP contribution in [0.1, 0.15) is 33.5 Å². The van der Waals surface area contributed by atoms with Crippen LogP contribution in [-0.4, -0.2) is 27.7 Å². The molecule has 120 valence electrons. The second-order valence-corrected chi connectivity index (χ2v) is 6.26. The monoisotopic (exact) mass is 330 g/mol. The summed E-state index contributed by atoms with van der Waals surface area (Å²) in [5.74, 6) is -0.198. The van der Waals surface area contributed by atoms with Gasteiger partial charge in [0.25, 0.3) is 5.91 Å². The number of benzene rings is 1. The third kappa shape index (κ3) is 3.11. The third-order valence-corrected chi connectivity index (χ3v) is 4.52. The molecular formula is C16H18N4O2S. The van der Waals surface area contributed by atoms with E-state index in [2.05, 4.69) is 20.5 Å². The molecular weight excluding hydrogens is 312 g/mol. The summed E-state index contributed by atoms with van der Waals surface area (Å²) in [5.41, 5.74) is 3.67. The van der Waals surface area contributed by atoms with Crippen LogP contribution < -0.4 is 5.32 Å². The number of hydrogen-bond acceptors (Lipinski definition) is 5. The minimum atomic E-state index is -0.198. The van der Waals surface area contributed by atoms with Gasteiger partial charge in [-0.2, -0.15) is 0 Å². The molecule has 0 saturated carbocycles. The minimum Gasteiger partial charge on any atom is -0.374 e. The second kappa shape index (κ2) is 6.47. The summed E-state index contributed by atoms with van der Waals surface area (Å²) in [6, 6.07) is 5.70. The van der Waals surface area contributed by atoms with Gasteiger partial charge in [0, 0.05) is 17.7 Å². The van der Waals surface area contributed by atoms with Gasteiger partial charge in [0.15, 0.2) is 0 Å². The Kier molecular flexibility index (Phi) is 4.40. The van der Waals surface area contributed by atoms with E-state index in [1.807, 2.05) is 32.9 Å². The molecule has 3 aromatic rings. The number of aryl methyl sites for hydroxylation is 2. The van der Waals surface area contributed by atoms with Crippen molar-refractivity contribution < 1.29 is 9.53 Å². The standard InChI is InChI=1S/C16H18N4O2S/c1-4-22-8-13-19-20-16(23-13)18-15(21)12-7-5-6-11-9(2)10(3)17-14(11)12/h5-7,17H,4,8H2,1-3H3,(H,18,20,21). The van der Waals surface area contributed by atoms with E-state index < -0.39 is 0 Å². The molecule has 0 unspecified atom stereocenters. The zero-order chi connectivity index (χ0) is 16.4. The normalized spacial score (nSPS) is 11.1. The number of rotatable bonds is 5. The summed E-state index contributed by atoms with van der Waals surface area (Å²) >= 11 is 1.32. The number of aromatic amines is 1. The van der Waals surface area contributed by atoms with E-state index in [1.165, 1.54) is 11.3 Å². The smallest absolute Gasteiger partial charge is 0.259 e. The number of carbonyl (C=O) groups excluding carboxylic acids is 1. The number of anilines is 1. The molecule has 2 N–H and O–H groups in total. The molecule has 1 amide bonds. The number of para-hydroxylation sites is 1. The Morgan fingerprint density at radius 2 is 2.17 bits per heavy atom. The molecule has 0 fully saturated rings. The van der Waals surface area contributed by atoms with E-state index >= 15 is 0 Å². The summed E-state index contributed by atoms with van der Waals surface area (Å²) in [6.07, 6.45) is 0. The average molecular weight is 330 g/mol. The second-order valence-electron chi connectivity index (χ2n) is 5.20. The van der Waals surface area contributed by atoms with Gasteiger partial charge in [-0.25, -0.2) is 0 Å². The summed E-state index contributed by atoms with van der Waals surface area (Å²) in [7, 11) is 0. The molecule has 0 radical (unpaired) electrons. The van der Waals surface area contributed by atoms with E-state index in [-0.39, 0.29) is 5.91 Å². The first-order valence-electron chi connectivity index (χ1n) is 7.39. The lowest BCUT2D eigenvalue weighted by molar-refractivity contribution is 0.102. The first-order chi connectivity index (χ1) is 11.1. The van der Waals surface area contributed by atoms with Crippen molar-refractivity contribution in [3.05, 3.63) is 40.0 Å². The van der Waals surface area contributed by atoms with Crippen molar-refractivity contribution in [1.82, 2.24) is 15.2 Å². The van der Waals surface area contributed by atoms with Crippen LogP contribution in [0.5, 0.6) is 0 Å². The van der Waals surface area contributed by atoms with Crippen molar-refractivity contribution in [2.24, 2.45) is 0 Å². The highest BCUT2D eigenvalue weighted by Crippen LogP contribution is 2.25. The van der Waals surface area contributed by atoms with Crippen molar-refractivity contribution in [3.63, 3.8) is 0 Å². The fraction of sp³-hybridized carbons (Fsp3) is 0.312. The Labute approximate surface area is 137 Å². The van der Waals surface area contributed by atoms with Crippen LogP contribution in [0.15, 0.2) is 18.2 Å². The van der Waals surface area contributed by atoms with Gasteiger partial charge < -0.3 is 9.72 Å². The fourth-order valence-corrected chi connectivity index (χ4v) is 3.06. The highest BCUT2D eigenvalue weighted by atomic mass is 32.1. The molecule has 0 aliphatic rings. The lowest BCUT2D eigenvalue weighted by Crippen LogP contribution is -2.12. The molecule has 0 aliphatic carbocycles. The van der Waals surface area contributed by atoms with Crippen molar-refractivity contribution in [3.8, 4) is 0 Å². The number of carbonyl (C=O) groups is 1. The molecule has 7 heteroatoms. The van der Waals surface area contributed by atoms with Gasteiger partial charge in [-0.15, -0.1) is 10.2 Å². The Bertz CT molecular complexity index is 853. The molecule has 3 rings (SSSR count). The number of aromatic nitrogens is 3. The minimum absolute atomic E-state index is 0.198. The number of hydrogen-bond donors (Lipinski definition) is 2. The highest BCUT2D eigenvalue weighted by molar-refractivity contribution is 7.15. The SMILES string of the molecule is CCOCc1nnc(NC(=O)c2cccc3c(C)c(C)[nH]c23)s1. The Morgan fingerprint density at radius 3 is 2.96 bits per heavy atom. The van der Waals surface area contributed by atoms with E-state index in [9.17, 15) is 4.79 Å². The largest absolute Gasteiger partial charge is 0.374 e. The zero-order valence-electron chi connectivity index (χ0n) is 13.3. The van der Waals surface area contributed by atoms with Gasteiger partial charge in [-0.1, -0.05) is 23.5 Å². The average Bonchev–Trinajstić information content (AvgIpc) is 3.10. The molecule has 2 aromatic heterocycles. The van der Waals surface area contributed by atoms with Gasteiger partial charge >= 0.3 is 0 Å². The number of H-pyrrole nitrogens is 1. The number of nitrogens with zero attached hydrogens (tertiary/aromatic N) is 2. The number of nitrogens with one attached hydrogen (secondary N) is 2. The van der Waals surface area contributed by atoms with Crippen LogP contribution in [0.4, 0.5) is 5.13 Å². The molecule has 0 spiro atoms. The van der Waals surface area contributed by atoms with Crippen molar-refractivity contribution in [1.29, 1.82) is 0 Å². The maximum absolute atomic E-state index is 12.5. The molecule has 0 atom stereocenters. The first kappa shape index (κ1) is 15.6. The van der Waals surface area contributed by atoms with Gasteiger partial charge in [-0.3, -0.25) is 10.1 Å². The van der Waals surface area contributed by atoms with Gasteiger partial charge in [0.05, 0.1) is 11.1 Å². The van der Waals surface area contributed by atoms with Crippen molar-refractivity contribution in [2.75, 3.05) is 11.9 Å². The van der Waals surface area contributed by atoms with E-state index in [0.717, 1.165) is 27.2 Å². The molecule has 1 aromatic carbocycles. The first-order valence-corrected chi connectivity index (χ1v) is 8.21. The molecule has 0 saturated heterocycles. The Morgan fingerprint density at radius 1 is 1.35 bits per heavy atom. The molecule has 2 heterocycles. The fourth-order valence-electron chi connectivity index (χ4n) is 2.39. The van der Waals surface area contributed by atoms with Crippen LogP contribution in [0.25, 0.3) is 10.9 Å². The van der Waals surface area contributed by atoms with Crippen LogP contribution in [0.3, 0.4) is 0 Å². The third-order valence-electron chi connectivity index (χ3n) is 3.71. The summed E-state index contributed by atoms with van der Waals surface area (Å²) < 4.78 is 5.29. The Balaban J connectivity index is 1.83. The number of ether oxygens (including phenoxy) is 1. The molecule has 23 heavy (non-hydrogen) atoms. The highest BCUT2D eigenvalue weighted by Gasteiger charge is 2.15. The maximum atomic E-state index is 12.5. The van der Waals surface area contributed by atoms with Crippen molar-refractivity contribution >= 4 is 33.3 Å². The lowest BCUT2D eigenvalue weighted by atomic mass is 10.1. The molecule has 6 nitrogen and oxygen atoms in total. The van der Waals surface area contributed by atoms with Gasteiger partial charge in [0.2, 0.25) is 5.13 Å².